The first kappa shape index (κ1) is 37.4. The minimum atomic E-state index is -4.37. The van der Waals surface area contributed by atoms with E-state index in [-0.39, 0.29) is 21.0 Å². The van der Waals surface area contributed by atoms with Crippen molar-refractivity contribution < 1.29 is 35.3 Å². The molecule has 0 aromatic heterocycles. The van der Waals surface area contributed by atoms with Gasteiger partial charge in [-0.3, -0.25) is 13.9 Å². The average Bonchev–Trinajstić information content (AvgIpc) is 3.32. The molecule has 0 saturated carbocycles. The average molecular weight is 698 g/mol. The molecule has 48 heavy (non-hydrogen) atoms. The summed E-state index contributed by atoms with van der Waals surface area (Å²) in [6, 6.07) is 9.42. The molecule has 0 unspecified atom stereocenters. The van der Waals surface area contributed by atoms with Crippen molar-refractivity contribution in [1.29, 1.82) is 0 Å². The van der Waals surface area contributed by atoms with E-state index in [9.17, 15) is 30.7 Å². The number of carbonyl (C=O) groups excluding carboxylic acids is 1. The number of ketones is 1. The largest absolute Gasteiger partial charge is 0.344 e. The van der Waals surface area contributed by atoms with Gasteiger partial charge in [-0.1, -0.05) is 59.3 Å². The molecule has 2 aromatic rings. The van der Waals surface area contributed by atoms with Crippen molar-refractivity contribution in [2.45, 2.75) is 102 Å². The van der Waals surface area contributed by atoms with Crippen molar-refractivity contribution in [3.05, 3.63) is 83.6 Å². The van der Waals surface area contributed by atoms with E-state index in [1.54, 1.807) is 24.3 Å². The number of fused-ring (bicyclic) bond motifs is 2. The minimum Gasteiger partial charge on any atom is -0.344 e. The third kappa shape index (κ3) is 7.59. The molecule has 2 aliphatic rings. The van der Waals surface area contributed by atoms with Gasteiger partial charge in [-0.25, -0.2) is 0 Å². The Morgan fingerprint density at radius 1 is 0.833 bits per heavy atom. The normalized spacial score (nSPS) is 18.4. The number of carbonyl (C=O) groups is 1. The molecular formula is C37H49N2O7S2+. The molecule has 0 saturated heterocycles. The summed E-state index contributed by atoms with van der Waals surface area (Å²) in [6.45, 7) is 17.3. The first-order chi connectivity index (χ1) is 22.1. The predicted octanol–water partition coefficient (Wildman–Crippen LogP) is 7.55. The highest BCUT2D eigenvalue weighted by molar-refractivity contribution is 7.86. The fourth-order valence-electron chi connectivity index (χ4n) is 6.68. The van der Waals surface area contributed by atoms with Crippen molar-refractivity contribution in [3.63, 3.8) is 0 Å². The molecule has 9 nitrogen and oxygen atoms in total. The van der Waals surface area contributed by atoms with Crippen LogP contribution in [0.15, 0.2) is 82.3 Å². The molecule has 260 valence electrons. The van der Waals surface area contributed by atoms with Gasteiger partial charge in [0.25, 0.3) is 20.2 Å². The molecule has 2 aromatic carbocycles. The van der Waals surface area contributed by atoms with E-state index in [0.29, 0.717) is 19.5 Å². The summed E-state index contributed by atoms with van der Waals surface area (Å²) in [5.41, 5.74) is 3.96. The van der Waals surface area contributed by atoms with Crippen LogP contribution >= 0.6 is 0 Å². The number of unbranched alkanes of at least 4 members (excludes halogenated alkanes) is 2. The van der Waals surface area contributed by atoms with Gasteiger partial charge in [-0.15, -0.1) is 0 Å². The van der Waals surface area contributed by atoms with E-state index < -0.39 is 31.1 Å². The van der Waals surface area contributed by atoms with Crippen LogP contribution in [-0.4, -0.2) is 55.1 Å². The maximum Gasteiger partial charge on any atom is 0.294 e. The Labute approximate surface area is 286 Å². The van der Waals surface area contributed by atoms with Crippen molar-refractivity contribution in [2.75, 3.05) is 18.0 Å². The van der Waals surface area contributed by atoms with Gasteiger partial charge in [0.2, 0.25) is 5.69 Å². The second-order valence-electron chi connectivity index (χ2n) is 14.6. The van der Waals surface area contributed by atoms with Gasteiger partial charge < -0.3 is 4.90 Å². The van der Waals surface area contributed by atoms with Crippen LogP contribution in [0.25, 0.3) is 0 Å². The van der Waals surface area contributed by atoms with Gasteiger partial charge in [0.15, 0.2) is 5.71 Å². The van der Waals surface area contributed by atoms with E-state index in [2.05, 4.69) is 9.48 Å². The highest BCUT2D eigenvalue weighted by atomic mass is 32.2. The van der Waals surface area contributed by atoms with Gasteiger partial charge in [-0.2, -0.15) is 21.4 Å². The van der Waals surface area contributed by atoms with Gasteiger partial charge >= 0.3 is 0 Å². The Balaban J connectivity index is 1.61. The summed E-state index contributed by atoms with van der Waals surface area (Å²) in [4.78, 5) is 14.3. The molecule has 2 N–H and O–H groups in total. The second-order valence-corrected chi connectivity index (χ2v) is 17.5. The van der Waals surface area contributed by atoms with E-state index in [0.717, 1.165) is 53.2 Å². The standard InChI is InChI=1S/C37H48N2O7S2/c1-9-38-30-21-19-26(47(41,42)43)24-28(30)36(5,6)32(38)16-12-10-13-17-33-37(7,8)29-25-27(48(44,45)46)20-22-31(29)39(33)23-15-11-14-18-34(40)35(2,3)4/h10,12-13,16-17,19-22,24-25H,9,11,14-15,18,23H2,1-8H3,(H-,41,42,43,44,45,46)/p+1. The summed E-state index contributed by atoms with van der Waals surface area (Å²) in [5, 5.41) is 0. The Bertz CT molecular complexity index is 1940. The number of anilines is 1. The first-order valence-electron chi connectivity index (χ1n) is 16.4. The maximum absolute atomic E-state index is 12.4. The number of nitrogens with zero attached hydrogens (tertiary/aromatic N) is 2. The number of benzene rings is 2. The molecule has 0 spiro atoms. The molecule has 2 aliphatic heterocycles. The Hall–Kier alpha value is -3.38. The van der Waals surface area contributed by atoms with Crippen molar-refractivity contribution in [1.82, 2.24) is 0 Å². The van der Waals surface area contributed by atoms with Crippen molar-refractivity contribution >= 4 is 43.1 Å². The Kier molecular flexibility index (Phi) is 10.5. The molecule has 0 amide bonds. The smallest absolute Gasteiger partial charge is 0.294 e. The third-order valence-electron chi connectivity index (χ3n) is 9.49. The van der Waals surface area contributed by atoms with Gasteiger partial charge in [-0.05, 0) is 75.6 Å². The lowest BCUT2D eigenvalue weighted by Crippen LogP contribution is -2.27. The highest BCUT2D eigenvalue weighted by Gasteiger charge is 2.44. The molecule has 2 heterocycles. The van der Waals surface area contributed by atoms with Gasteiger partial charge in [0.1, 0.15) is 12.3 Å². The molecule has 4 rings (SSSR count). The van der Waals surface area contributed by atoms with Crippen LogP contribution < -0.4 is 4.90 Å². The molecule has 0 bridgehead atoms. The summed E-state index contributed by atoms with van der Waals surface area (Å²) in [7, 11) is -8.71. The topological polar surface area (TPSA) is 132 Å². The van der Waals surface area contributed by atoms with E-state index in [1.165, 1.54) is 12.1 Å². The molecule has 11 heteroatoms. The number of allylic oxidation sites excluding steroid dienone is 6. The lowest BCUT2D eigenvalue weighted by Gasteiger charge is -2.27. The van der Waals surface area contributed by atoms with Crippen molar-refractivity contribution in [3.8, 4) is 0 Å². The maximum atomic E-state index is 12.4. The fraction of sp³-hybridized carbons (Fsp3) is 0.459. The van der Waals surface area contributed by atoms with Crippen LogP contribution in [0.5, 0.6) is 0 Å². The monoisotopic (exact) mass is 697 g/mol. The number of hydrogen-bond acceptors (Lipinski definition) is 6. The van der Waals surface area contributed by atoms with E-state index >= 15 is 0 Å². The van der Waals surface area contributed by atoms with Gasteiger partial charge in [0.05, 0.1) is 15.2 Å². The van der Waals surface area contributed by atoms with E-state index in [1.807, 2.05) is 85.8 Å². The first-order valence-corrected chi connectivity index (χ1v) is 19.2. The summed E-state index contributed by atoms with van der Waals surface area (Å²) in [6.07, 6.45) is 12.9. The van der Waals surface area contributed by atoms with Gasteiger partial charge in [0, 0.05) is 52.9 Å². The summed E-state index contributed by atoms with van der Waals surface area (Å²) >= 11 is 0. The Morgan fingerprint density at radius 2 is 1.44 bits per heavy atom. The summed E-state index contributed by atoms with van der Waals surface area (Å²) in [5.74, 6) is 0.250. The predicted molar refractivity (Wildman–Crippen MR) is 191 cm³/mol. The zero-order chi connectivity index (χ0) is 35.9. The highest BCUT2D eigenvalue weighted by Crippen LogP contribution is 2.48. The zero-order valence-corrected chi connectivity index (χ0v) is 30.9. The Morgan fingerprint density at radius 3 is 2.02 bits per heavy atom. The van der Waals surface area contributed by atoms with Crippen LogP contribution in [0.2, 0.25) is 0 Å². The van der Waals surface area contributed by atoms with Crippen LogP contribution in [0, 0.1) is 5.41 Å². The minimum absolute atomic E-state index is 0.131. The molecule has 0 fully saturated rings. The fourth-order valence-corrected chi connectivity index (χ4v) is 7.69. The molecule has 0 atom stereocenters. The molecule has 0 aliphatic carbocycles. The lowest BCUT2D eigenvalue weighted by atomic mass is 9.81. The summed E-state index contributed by atoms with van der Waals surface area (Å²) < 4.78 is 69.1. The van der Waals surface area contributed by atoms with Crippen LogP contribution in [0.3, 0.4) is 0 Å². The lowest BCUT2D eigenvalue weighted by molar-refractivity contribution is -0.433. The number of rotatable bonds is 12. The second kappa shape index (κ2) is 13.5. The van der Waals surface area contributed by atoms with E-state index in [4.69, 9.17) is 0 Å². The van der Waals surface area contributed by atoms with Crippen LogP contribution in [0.4, 0.5) is 11.4 Å². The number of Topliss-reactive ketones (excluding diaryl/α,β-unsaturated/α-hetero) is 1. The quantitative estimate of drug-likeness (QED) is 0.101. The number of hydrogen-bond donors (Lipinski definition) is 2. The SMILES string of the molecule is CC[N+]1=C(/C=C/C=C/C=C2/N(CCCCCC(=O)C(C)(C)C)c3ccc(S(=O)(=O)O)cc3C2(C)C)C(C)(C)c2cc(S(=O)(=O)O)ccc21. The van der Waals surface area contributed by atoms with Crippen molar-refractivity contribution in [2.24, 2.45) is 5.41 Å². The van der Waals surface area contributed by atoms with Crippen LogP contribution in [0.1, 0.15) is 92.2 Å². The third-order valence-corrected chi connectivity index (χ3v) is 11.2. The molecular weight excluding hydrogens is 649 g/mol. The molecule has 0 radical (unpaired) electrons. The zero-order valence-electron chi connectivity index (χ0n) is 29.2. The van der Waals surface area contributed by atoms with Crippen LogP contribution in [-0.2, 0) is 35.9 Å².